The quantitative estimate of drug-likeness (QED) is 0.654. The first kappa shape index (κ1) is 13.1. The van der Waals surface area contributed by atoms with Crippen molar-refractivity contribution in [2.45, 2.75) is 32.4 Å². The molecule has 0 aromatic heterocycles. The van der Waals surface area contributed by atoms with Gasteiger partial charge in [-0.05, 0) is 18.6 Å². The molecule has 2 N–H and O–H groups in total. The van der Waals surface area contributed by atoms with Crippen LogP contribution in [0.2, 0.25) is 5.02 Å². The lowest BCUT2D eigenvalue weighted by Crippen LogP contribution is -2.56. The third-order valence-electron chi connectivity index (χ3n) is 3.70. The zero-order valence-corrected chi connectivity index (χ0v) is 10.9. The van der Waals surface area contributed by atoms with Gasteiger partial charge in [-0.15, -0.1) is 0 Å². The molecule has 1 fully saturated rings. The molecule has 2 atom stereocenters. The number of nitro benzene ring substituents is 1. The fourth-order valence-electron chi connectivity index (χ4n) is 2.09. The molecule has 0 saturated heterocycles. The lowest BCUT2D eigenvalue weighted by atomic mass is 9.64. The highest BCUT2D eigenvalue weighted by Crippen LogP contribution is 2.42. The van der Waals surface area contributed by atoms with E-state index < -0.39 is 4.92 Å². The molecule has 0 heterocycles. The molecular weight excluding hydrogens is 256 g/mol. The standard InChI is InChI=1S/C12H15ClN2O3/c1-12(2)10(6-11(12)16)14-7-3-4-8(13)9(5-7)15(17)18/h3-5,10-11,14,16H,6H2,1-2H3. The highest BCUT2D eigenvalue weighted by atomic mass is 35.5. The van der Waals surface area contributed by atoms with Gasteiger partial charge in [0.05, 0.1) is 11.0 Å². The maximum absolute atomic E-state index is 10.8. The summed E-state index contributed by atoms with van der Waals surface area (Å²) in [6.07, 6.45) is 0.306. The molecule has 1 saturated carbocycles. The smallest absolute Gasteiger partial charge is 0.289 e. The Kier molecular flexibility index (Phi) is 3.21. The summed E-state index contributed by atoms with van der Waals surface area (Å²) in [5.74, 6) is 0. The second-order valence-corrected chi connectivity index (χ2v) is 5.60. The van der Waals surface area contributed by atoms with Gasteiger partial charge in [0.2, 0.25) is 0 Å². The van der Waals surface area contributed by atoms with Crippen LogP contribution in [0.3, 0.4) is 0 Å². The molecule has 0 bridgehead atoms. The first-order chi connectivity index (χ1) is 8.32. The van der Waals surface area contributed by atoms with E-state index in [-0.39, 0.29) is 28.3 Å². The average Bonchev–Trinajstić information content (AvgIpc) is 2.30. The van der Waals surface area contributed by atoms with Gasteiger partial charge in [-0.25, -0.2) is 0 Å². The van der Waals surface area contributed by atoms with Crippen molar-refractivity contribution in [3.63, 3.8) is 0 Å². The number of anilines is 1. The van der Waals surface area contributed by atoms with E-state index in [0.717, 1.165) is 0 Å². The van der Waals surface area contributed by atoms with E-state index >= 15 is 0 Å². The van der Waals surface area contributed by atoms with E-state index in [0.29, 0.717) is 12.1 Å². The Morgan fingerprint density at radius 1 is 1.56 bits per heavy atom. The number of aliphatic hydroxyl groups is 1. The first-order valence-electron chi connectivity index (χ1n) is 5.71. The minimum Gasteiger partial charge on any atom is -0.392 e. The molecule has 5 nitrogen and oxygen atoms in total. The fraction of sp³-hybridized carbons (Fsp3) is 0.500. The third kappa shape index (κ3) is 2.15. The van der Waals surface area contributed by atoms with Crippen LogP contribution in [0.25, 0.3) is 0 Å². The molecule has 2 unspecified atom stereocenters. The summed E-state index contributed by atoms with van der Waals surface area (Å²) < 4.78 is 0. The summed E-state index contributed by atoms with van der Waals surface area (Å²) >= 11 is 5.75. The van der Waals surface area contributed by atoms with Gasteiger partial charge in [0.1, 0.15) is 5.02 Å². The average molecular weight is 271 g/mol. The zero-order valence-electron chi connectivity index (χ0n) is 10.2. The van der Waals surface area contributed by atoms with Crippen LogP contribution in [0.1, 0.15) is 20.3 Å². The second kappa shape index (κ2) is 4.40. The molecule has 98 valence electrons. The molecule has 2 rings (SSSR count). The van der Waals surface area contributed by atoms with Crippen molar-refractivity contribution in [1.29, 1.82) is 0 Å². The van der Waals surface area contributed by atoms with Gasteiger partial charge < -0.3 is 10.4 Å². The van der Waals surface area contributed by atoms with Gasteiger partial charge in [0.25, 0.3) is 5.69 Å². The van der Waals surface area contributed by atoms with Crippen molar-refractivity contribution >= 4 is 23.0 Å². The maximum Gasteiger partial charge on any atom is 0.289 e. The Morgan fingerprint density at radius 2 is 2.22 bits per heavy atom. The summed E-state index contributed by atoms with van der Waals surface area (Å²) in [6.45, 7) is 3.92. The molecule has 6 heteroatoms. The van der Waals surface area contributed by atoms with E-state index in [1.807, 2.05) is 13.8 Å². The minimum absolute atomic E-state index is 0.105. The van der Waals surface area contributed by atoms with Crippen LogP contribution in [0.4, 0.5) is 11.4 Å². The number of nitrogens with zero attached hydrogens (tertiary/aromatic N) is 1. The maximum atomic E-state index is 10.8. The van der Waals surface area contributed by atoms with Crippen molar-refractivity contribution in [2.24, 2.45) is 5.41 Å². The second-order valence-electron chi connectivity index (χ2n) is 5.19. The monoisotopic (exact) mass is 270 g/mol. The molecule has 0 radical (unpaired) electrons. The van der Waals surface area contributed by atoms with Crippen LogP contribution in [0.5, 0.6) is 0 Å². The molecular formula is C12H15ClN2O3. The van der Waals surface area contributed by atoms with E-state index in [9.17, 15) is 15.2 Å². The molecule has 1 aliphatic carbocycles. The SMILES string of the molecule is CC1(C)C(O)CC1Nc1ccc(Cl)c([N+](=O)[O-])c1. The van der Waals surface area contributed by atoms with Crippen molar-refractivity contribution in [2.75, 3.05) is 5.32 Å². The Labute approximate surface area is 110 Å². The zero-order chi connectivity index (χ0) is 13.5. The molecule has 0 aliphatic heterocycles. The summed E-state index contributed by atoms with van der Waals surface area (Å²) in [7, 11) is 0. The molecule has 0 spiro atoms. The lowest BCUT2D eigenvalue weighted by molar-refractivity contribution is -0.384. The van der Waals surface area contributed by atoms with Gasteiger partial charge in [-0.2, -0.15) is 0 Å². The summed E-state index contributed by atoms with van der Waals surface area (Å²) in [5.41, 5.74) is 0.310. The number of nitrogens with one attached hydrogen (secondary N) is 1. The van der Waals surface area contributed by atoms with Crippen LogP contribution < -0.4 is 5.32 Å². The Hall–Kier alpha value is -1.33. The van der Waals surface area contributed by atoms with Gasteiger partial charge in [0.15, 0.2) is 0 Å². The van der Waals surface area contributed by atoms with Gasteiger partial charge in [-0.1, -0.05) is 25.4 Å². The Morgan fingerprint density at radius 3 is 2.72 bits per heavy atom. The highest BCUT2D eigenvalue weighted by Gasteiger charge is 2.47. The van der Waals surface area contributed by atoms with E-state index in [1.165, 1.54) is 12.1 Å². The Balaban J connectivity index is 2.16. The molecule has 1 aromatic rings. The third-order valence-corrected chi connectivity index (χ3v) is 4.02. The van der Waals surface area contributed by atoms with Crippen molar-refractivity contribution < 1.29 is 10.0 Å². The van der Waals surface area contributed by atoms with Gasteiger partial charge in [-0.3, -0.25) is 10.1 Å². The van der Waals surface area contributed by atoms with E-state index in [4.69, 9.17) is 11.6 Å². The predicted octanol–water partition coefficient (Wildman–Crippen LogP) is 2.82. The largest absolute Gasteiger partial charge is 0.392 e. The first-order valence-corrected chi connectivity index (χ1v) is 6.08. The van der Waals surface area contributed by atoms with Crippen LogP contribution in [-0.4, -0.2) is 22.2 Å². The number of hydrogen-bond acceptors (Lipinski definition) is 4. The summed E-state index contributed by atoms with van der Waals surface area (Å²) in [4.78, 5) is 10.3. The lowest BCUT2D eigenvalue weighted by Gasteiger charge is -2.49. The Bertz CT molecular complexity index is 490. The number of nitro groups is 1. The number of aliphatic hydroxyl groups excluding tert-OH is 1. The summed E-state index contributed by atoms with van der Waals surface area (Å²) in [5, 5.41) is 23.7. The number of hydrogen-bond donors (Lipinski definition) is 2. The minimum atomic E-state index is -0.506. The van der Waals surface area contributed by atoms with E-state index in [1.54, 1.807) is 6.07 Å². The number of benzene rings is 1. The van der Waals surface area contributed by atoms with Crippen molar-refractivity contribution in [3.05, 3.63) is 33.3 Å². The van der Waals surface area contributed by atoms with Crippen LogP contribution in [-0.2, 0) is 0 Å². The molecule has 0 amide bonds. The number of halogens is 1. The van der Waals surface area contributed by atoms with Gasteiger partial charge >= 0.3 is 0 Å². The molecule has 1 aliphatic rings. The van der Waals surface area contributed by atoms with Crippen LogP contribution in [0.15, 0.2) is 18.2 Å². The van der Waals surface area contributed by atoms with E-state index in [2.05, 4.69) is 5.32 Å². The van der Waals surface area contributed by atoms with Crippen LogP contribution >= 0.6 is 11.6 Å². The normalized spacial score (nSPS) is 25.3. The van der Waals surface area contributed by atoms with Crippen LogP contribution in [0, 0.1) is 15.5 Å². The summed E-state index contributed by atoms with van der Waals surface area (Å²) in [6, 6.07) is 4.73. The van der Waals surface area contributed by atoms with Crippen molar-refractivity contribution in [3.8, 4) is 0 Å². The fourth-order valence-corrected chi connectivity index (χ4v) is 2.28. The van der Waals surface area contributed by atoms with Crippen molar-refractivity contribution in [1.82, 2.24) is 0 Å². The predicted molar refractivity (Wildman–Crippen MR) is 69.9 cm³/mol. The topological polar surface area (TPSA) is 75.4 Å². The molecule has 18 heavy (non-hydrogen) atoms. The van der Waals surface area contributed by atoms with Gasteiger partial charge in [0, 0.05) is 23.2 Å². The number of rotatable bonds is 3. The molecule has 1 aromatic carbocycles. The highest BCUT2D eigenvalue weighted by molar-refractivity contribution is 6.32.